The normalized spacial score (nSPS) is 11.9. The van der Waals surface area contributed by atoms with E-state index in [2.05, 4.69) is 92.4 Å². The largest absolute Gasteiger partial charge is 0.0905 e. The summed E-state index contributed by atoms with van der Waals surface area (Å²) in [5.74, 6) is 0.345. The van der Waals surface area contributed by atoms with Crippen LogP contribution in [0.2, 0.25) is 0 Å². The third-order valence-corrected chi connectivity index (χ3v) is 4.17. The SMILES string of the molecule is C=C(c1ccccc1)c1ccccc1C(C)c1ccccc1. The van der Waals surface area contributed by atoms with Gasteiger partial charge in [-0.2, -0.15) is 0 Å². The average Bonchev–Trinajstić information content (AvgIpc) is 2.62. The molecule has 0 nitrogen and oxygen atoms in total. The lowest BCUT2D eigenvalue weighted by Crippen LogP contribution is -2.01. The molecule has 0 N–H and O–H groups in total. The predicted octanol–water partition coefficient (Wildman–Crippen LogP) is 5.90. The number of benzene rings is 3. The van der Waals surface area contributed by atoms with Crippen LogP contribution >= 0.6 is 0 Å². The Balaban J connectivity index is 2.02. The van der Waals surface area contributed by atoms with Gasteiger partial charge in [0, 0.05) is 5.92 Å². The van der Waals surface area contributed by atoms with Crippen LogP contribution in [-0.4, -0.2) is 0 Å². The van der Waals surface area contributed by atoms with Crippen molar-refractivity contribution in [1.82, 2.24) is 0 Å². The summed E-state index contributed by atoms with van der Waals surface area (Å²) in [5, 5.41) is 0. The summed E-state index contributed by atoms with van der Waals surface area (Å²) in [4.78, 5) is 0. The Bertz CT molecular complexity index is 754. The van der Waals surface area contributed by atoms with Crippen LogP contribution in [0, 0.1) is 0 Å². The third-order valence-electron chi connectivity index (χ3n) is 4.17. The van der Waals surface area contributed by atoms with E-state index in [9.17, 15) is 0 Å². The van der Waals surface area contributed by atoms with Crippen molar-refractivity contribution in [3.63, 3.8) is 0 Å². The highest BCUT2D eigenvalue weighted by Gasteiger charge is 2.14. The van der Waals surface area contributed by atoms with E-state index in [0.29, 0.717) is 5.92 Å². The average molecular weight is 284 g/mol. The molecule has 0 aliphatic carbocycles. The van der Waals surface area contributed by atoms with E-state index in [0.717, 1.165) is 5.57 Å². The van der Waals surface area contributed by atoms with Crippen LogP contribution in [0.4, 0.5) is 0 Å². The molecule has 3 aromatic rings. The van der Waals surface area contributed by atoms with E-state index < -0.39 is 0 Å². The molecule has 0 heterocycles. The van der Waals surface area contributed by atoms with Gasteiger partial charge >= 0.3 is 0 Å². The lowest BCUT2D eigenvalue weighted by atomic mass is 9.86. The first kappa shape index (κ1) is 14.3. The molecule has 0 saturated heterocycles. The van der Waals surface area contributed by atoms with Crippen LogP contribution in [0.15, 0.2) is 91.5 Å². The predicted molar refractivity (Wildman–Crippen MR) is 95.0 cm³/mol. The summed E-state index contributed by atoms with van der Waals surface area (Å²) < 4.78 is 0. The zero-order chi connectivity index (χ0) is 15.4. The molecule has 1 unspecified atom stereocenters. The Hall–Kier alpha value is -2.60. The minimum absolute atomic E-state index is 0.345. The Morgan fingerprint density at radius 3 is 1.95 bits per heavy atom. The van der Waals surface area contributed by atoms with Gasteiger partial charge in [0.1, 0.15) is 0 Å². The topological polar surface area (TPSA) is 0 Å². The van der Waals surface area contributed by atoms with Gasteiger partial charge in [0.05, 0.1) is 0 Å². The van der Waals surface area contributed by atoms with E-state index in [1.54, 1.807) is 0 Å². The van der Waals surface area contributed by atoms with Gasteiger partial charge in [0.2, 0.25) is 0 Å². The summed E-state index contributed by atoms with van der Waals surface area (Å²) >= 11 is 0. The third kappa shape index (κ3) is 2.87. The molecule has 0 fully saturated rings. The van der Waals surface area contributed by atoms with Gasteiger partial charge in [-0.3, -0.25) is 0 Å². The summed E-state index contributed by atoms with van der Waals surface area (Å²) in [6.07, 6.45) is 0. The van der Waals surface area contributed by atoms with Crippen LogP contribution in [0.3, 0.4) is 0 Å². The van der Waals surface area contributed by atoms with Gasteiger partial charge in [-0.1, -0.05) is 98.4 Å². The Labute approximate surface area is 132 Å². The van der Waals surface area contributed by atoms with Crippen LogP contribution in [-0.2, 0) is 0 Å². The maximum absolute atomic E-state index is 4.33. The van der Waals surface area contributed by atoms with Crippen molar-refractivity contribution in [2.75, 3.05) is 0 Å². The van der Waals surface area contributed by atoms with Crippen molar-refractivity contribution >= 4 is 5.57 Å². The van der Waals surface area contributed by atoms with Gasteiger partial charge in [-0.05, 0) is 27.8 Å². The summed E-state index contributed by atoms with van der Waals surface area (Å²) in [6.45, 7) is 6.59. The van der Waals surface area contributed by atoms with Crippen molar-refractivity contribution in [1.29, 1.82) is 0 Å². The van der Waals surface area contributed by atoms with Gasteiger partial charge in [-0.15, -0.1) is 0 Å². The Morgan fingerprint density at radius 1 is 0.727 bits per heavy atom. The van der Waals surface area contributed by atoms with E-state index in [1.165, 1.54) is 22.3 Å². The minimum atomic E-state index is 0.345. The first-order chi connectivity index (χ1) is 10.8. The maximum atomic E-state index is 4.33. The fourth-order valence-corrected chi connectivity index (χ4v) is 2.87. The van der Waals surface area contributed by atoms with Gasteiger partial charge < -0.3 is 0 Å². The van der Waals surface area contributed by atoms with Crippen molar-refractivity contribution in [2.45, 2.75) is 12.8 Å². The molecule has 108 valence electrons. The highest BCUT2D eigenvalue weighted by molar-refractivity contribution is 5.80. The molecule has 22 heavy (non-hydrogen) atoms. The molecule has 3 rings (SSSR count). The van der Waals surface area contributed by atoms with Crippen molar-refractivity contribution in [3.8, 4) is 0 Å². The molecule has 0 radical (unpaired) electrons. The zero-order valence-electron chi connectivity index (χ0n) is 12.9. The van der Waals surface area contributed by atoms with E-state index in [4.69, 9.17) is 0 Å². The molecule has 0 bridgehead atoms. The van der Waals surface area contributed by atoms with Crippen molar-refractivity contribution in [2.24, 2.45) is 0 Å². The van der Waals surface area contributed by atoms with E-state index in [1.807, 2.05) is 6.07 Å². The second-order valence-corrected chi connectivity index (χ2v) is 5.56. The van der Waals surface area contributed by atoms with Crippen LogP contribution in [0.5, 0.6) is 0 Å². The number of hydrogen-bond donors (Lipinski definition) is 0. The second kappa shape index (κ2) is 6.44. The standard InChI is InChI=1S/C22H20/c1-17(19-11-5-3-6-12-19)21-15-9-10-16-22(21)18(2)20-13-7-4-8-14-20/h3-16,18H,1H2,2H3. The van der Waals surface area contributed by atoms with Gasteiger partial charge in [-0.25, -0.2) is 0 Å². The van der Waals surface area contributed by atoms with Crippen molar-refractivity contribution < 1.29 is 0 Å². The van der Waals surface area contributed by atoms with E-state index >= 15 is 0 Å². The summed E-state index contributed by atoms with van der Waals surface area (Å²) in [5.41, 5.74) is 6.14. The quantitative estimate of drug-likeness (QED) is 0.559. The molecule has 0 heteroatoms. The Morgan fingerprint density at radius 2 is 1.27 bits per heavy atom. The first-order valence-corrected chi connectivity index (χ1v) is 7.66. The highest BCUT2D eigenvalue weighted by atomic mass is 14.2. The molecular formula is C22H20. The fourth-order valence-electron chi connectivity index (χ4n) is 2.87. The highest BCUT2D eigenvalue weighted by Crippen LogP contribution is 2.32. The molecular weight excluding hydrogens is 264 g/mol. The lowest BCUT2D eigenvalue weighted by Gasteiger charge is -2.18. The molecule has 0 aliphatic heterocycles. The molecule has 0 saturated carbocycles. The van der Waals surface area contributed by atoms with Gasteiger partial charge in [0.25, 0.3) is 0 Å². The summed E-state index contributed by atoms with van der Waals surface area (Å²) in [6, 6.07) is 29.6. The summed E-state index contributed by atoms with van der Waals surface area (Å²) in [7, 11) is 0. The van der Waals surface area contributed by atoms with E-state index in [-0.39, 0.29) is 0 Å². The zero-order valence-corrected chi connectivity index (χ0v) is 12.9. The first-order valence-electron chi connectivity index (χ1n) is 7.66. The van der Waals surface area contributed by atoms with Crippen molar-refractivity contribution in [3.05, 3.63) is 114 Å². The monoisotopic (exact) mass is 284 g/mol. The second-order valence-electron chi connectivity index (χ2n) is 5.56. The molecule has 0 aromatic heterocycles. The van der Waals surface area contributed by atoms with Crippen LogP contribution in [0.1, 0.15) is 35.1 Å². The number of hydrogen-bond acceptors (Lipinski definition) is 0. The molecule has 1 atom stereocenters. The molecule has 0 amide bonds. The lowest BCUT2D eigenvalue weighted by molar-refractivity contribution is 0.918. The molecule has 0 aliphatic rings. The number of rotatable bonds is 4. The van der Waals surface area contributed by atoms with Gasteiger partial charge in [0.15, 0.2) is 0 Å². The fraction of sp³-hybridized carbons (Fsp3) is 0.0909. The van der Waals surface area contributed by atoms with Crippen LogP contribution in [0.25, 0.3) is 5.57 Å². The Kier molecular flexibility index (Phi) is 4.20. The molecule has 0 spiro atoms. The van der Waals surface area contributed by atoms with Crippen LogP contribution < -0.4 is 0 Å². The maximum Gasteiger partial charge on any atom is 0.00671 e. The smallest absolute Gasteiger partial charge is 0.00671 e. The molecule has 3 aromatic carbocycles. The minimum Gasteiger partial charge on any atom is -0.0905 e.